The van der Waals surface area contributed by atoms with E-state index in [1.54, 1.807) is 13.8 Å². The van der Waals surface area contributed by atoms with Crippen molar-refractivity contribution >= 4 is 17.9 Å². The van der Waals surface area contributed by atoms with Gasteiger partial charge in [0.25, 0.3) is 0 Å². The minimum absolute atomic E-state index is 0.0667. The number of esters is 3. The van der Waals surface area contributed by atoms with Crippen LogP contribution >= 0.6 is 0 Å². The molecule has 26 heavy (non-hydrogen) atoms. The van der Waals surface area contributed by atoms with Crippen LogP contribution in [0.1, 0.15) is 53.9 Å². The second-order valence-corrected chi connectivity index (χ2v) is 8.18. The van der Waals surface area contributed by atoms with Crippen molar-refractivity contribution in [2.24, 2.45) is 22.7 Å². The minimum atomic E-state index is -1.27. The third kappa shape index (κ3) is 2.71. The van der Waals surface area contributed by atoms with Crippen LogP contribution in [0.4, 0.5) is 0 Å². The monoisotopic (exact) mass is 368 g/mol. The number of fused-ring (bicyclic) bond motifs is 1. The van der Waals surface area contributed by atoms with E-state index in [2.05, 4.69) is 0 Å². The lowest BCUT2D eigenvalue weighted by molar-refractivity contribution is -0.189. The molecular formula is C19H28O7. The van der Waals surface area contributed by atoms with Crippen LogP contribution in [0.15, 0.2) is 0 Å². The fourth-order valence-corrected chi connectivity index (χ4v) is 4.38. The van der Waals surface area contributed by atoms with Gasteiger partial charge in [0.15, 0.2) is 11.7 Å². The summed E-state index contributed by atoms with van der Waals surface area (Å²) in [5.41, 5.74) is -1.86. The van der Waals surface area contributed by atoms with Crippen molar-refractivity contribution in [3.8, 4) is 0 Å². The van der Waals surface area contributed by atoms with Crippen molar-refractivity contribution in [3.63, 3.8) is 0 Å². The van der Waals surface area contributed by atoms with E-state index in [1.165, 1.54) is 0 Å². The Morgan fingerprint density at radius 1 is 1.35 bits per heavy atom. The van der Waals surface area contributed by atoms with Crippen molar-refractivity contribution in [1.29, 1.82) is 0 Å². The van der Waals surface area contributed by atoms with Gasteiger partial charge in [0.1, 0.15) is 12.2 Å². The highest BCUT2D eigenvalue weighted by Crippen LogP contribution is 2.63. The van der Waals surface area contributed by atoms with Gasteiger partial charge < -0.3 is 18.9 Å². The second-order valence-electron chi connectivity index (χ2n) is 8.18. The molecule has 146 valence electrons. The first-order valence-corrected chi connectivity index (χ1v) is 9.42. The van der Waals surface area contributed by atoms with Gasteiger partial charge >= 0.3 is 17.9 Å². The maximum Gasteiger partial charge on any atom is 0.326 e. The van der Waals surface area contributed by atoms with Crippen molar-refractivity contribution < 1.29 is 33.3 Å². The van der Waals surface area contributed by atoms with Crippen LogP contribution in [0.5, 0.6) is 0 Å². The SMILES string of the molecule is CCOC(C)OC(=O)C12CC3CC1C(OC2=O)C3OC(=O)C(C)(C)CC. The van der Waals surface area contributed by atoms with Crippen molar-refractivity contribution in [2.45, 2.75) is 72.4 Å². The summed E-state index contributed by atoms with van der Waals surface area (Å²) < 4.78 is 21.8. The van der Waals surface area contributed by atoms with Crippen LogP contribution in [0.25, 0.3) is 0 Å². The summed E-state index contributed by atoms with van der Waals surface area (Å²) in [5, 5.41) is 0. The normalized spacial score (nSPS) is 36.0. The van der Waals surface area contributed by atoms with Gasteiger partial charge in [-0.2, -0.15) is 0 Å². The molecule has 3 rings (SSSR count). The quantitative estimate of drug-likeness (QED) is 0.295. The first kappa shape index (κ1) is 19.1. The van der Waals surface area contributed by atoms with Gasteiger partial charge in [-0.1, -0.05) is 6.92 Å². The van der Waals surface area contributed by atoms with Crippen LogP contribution in [0, 0.1) is 22.7 Å². The molecule has 7 nitrogen and oxygen atoms in total. The predicted octanol–water partition coefficient (Wildman–Crippen LogP) is 2.21. The molecule has 7 heteroatoms. The van der Waals surface area contributed by atoms with Crippen molar-refractivity contribution in [3.05, 3.63) is 0 Å². The highest BCUT2D eigenvalue weighted by Gasteiger charge is 2.75. The zero-order valence-electron chi connectivity index (χ0n) is 16.1. The molecule has 3 fully saturated rings. The number of ether oxygens (including phenoxy) is 4. The number of hydrogen-bond donors (Lipinski definition) is 0. The van der Waals surface area contributed by atoms with E-state index in [1.807, 2.05) is 20.8 Å². The summed E-state index contributed by atoms with van der Waals surface area (Å²) in [6, 6.07) is 0. The molecule has 0 radical (unpaired) electrons. The van der Waals surface area contributed by atoms with Gasteiger partial charge in [-0.05, 0) is 47.0 Å². The molecule has 0 aromatic heterocycles. The lowest BCUT2D eigenvalue weighted by Crippen LogP contribution is -2.47. The van der Waals surface area contributed by atoms with Gasteiger partial charge in [0, 0.05) is 18.4 Å². The van der Waals surface area contributed by atoms with Crippen molar-refractivity contribution in [1.82, 2.24) is 0 Å². The molecule has 2 saturated carbocycles. The first-order valence-electron chi connectivity index (χ1n) is 9.42. The molecule has 1 saturated heterocycles. The van der Waals surface area contributed by atoms with Crippen LogP contribution in [0.2, 0.25) is 0 Å². The van der Waals surface area contributed by atoms with E-state index in [0.29, 0.717) is 25.9 Å². The molecule has 0 N–H and O–H groups in total. The molecule has 1 aliphatic heterocycles. The summed E-state index contributed by atoms with van der Waals surface area (Å²) in [6.07, 6.45) is -0.175. The highest BCUT2D eigenvalue weighted by molar-refractivity contribution is 6.03. The first-order chi connectivity index (χ1) is 12.2. The van der Waals surface area contributed by atoms with E-state index in [9.17, 15) is 14.4 Å². The Kier molecular flexibility index (Phi) is 4.80. The average Bonchev–Trinajstić information content (AvgIpc) is 3.17. The Hall–Kier alpha value is -1.63. The molecule has 2 aliphatic carbocycles. The average molecular weight is 368 g/mol. The fourth-order valence-electron chi connectivity index (χ4n) is 4.38. The summed E-state index contributed by atoms with van der Waals surface area (Å²) >= 11 is 0. The minimum Gasteiger partial charge on any atom is -0.458 e. The smallest absolute Gasteiger partial charge is 0.326 e. The third-order valence-electron chi connectivity index (χ3n) is 6.28. The van der Waals surface area contributed by atoms with Gasteiger partial charge in [-0.25, -0.2) is 0 Å². The lowest BCUT2D eigenvalue weighted by atomic mass is 9.73. The zero-order valence-corrected chi connectivity index (χ0v) is 16.1. The topological polar surface area (TPSA) is 88.1 Å². The molecule has 1 heterocycles. The fraction of sp³-hybridized carbons (Fsp3) is 0.842. The Bertz CT molecular complexity index is 613. The highest BCUT2D eigenvalue weighted by atomic mass is 16.7. The molecule has 0 amide bonds. The molecule has 0 spiro atoms. The Labute approximate surface area is 153 Å². The van der Waals surface area contributed by atoms with Gasteiger partial charge in [0.05, 0.1) is 5.41 Å². The molecule has 6 atom stereocenters. The lowest BCUT2D eigenvalue weighted by Gasteiger charge is -2.32. The summed E-state index contributed by atoms with van der Waals surface area (Å²) in [4.78, 5) is 37.8. The maximum absolute atomic E-state index is 12.7. The molecule has 3 aliphatic rings. The summed E-state index contributed by atoms with van der Waals surface area (Å²) in [6.45, 7) is 9.43. The molecule has 2 bridgehead atoms. The summed E-state index contributed by atoms with van der Waals surface area (Å²) in [5.74, 6) is -1.81. The van der Waals surface area contributed by atoms with E-state index < -0.39 is 41.3 Å². The third-order valence-corrected chi connectivity index (χ3v) is 6.28. The van der Waals surface area contributed by atoms with E-state index in [0.717, 1.165) is 0 Å². The molecule has 6 unspecified atom stereocenters. The second kappa shape index (κ2) is 6.51. The number of hydrogen-bond acceptors (Lipinski definition) is 7. The van der Waals surface area contributed by atoms with E-state index >= 15 is 0 Å². The van der Waals surface area contributed by atoms with Gasteiger partial charge in [-0.3, -0.25) is 14.4 Å². The van der Waals surface area contributed by atoms with E-state index in [4.69, 9.17) is 18.9 Å². The molecule has 0 aromatic rings. The molecular weight excluding hydrogens is 340 g/mol. The predicted molar refractivity (Wildman–Crippen MR) is 89.7 cm³/mol. The van der Waals surface area contributed by atoms with Crippen LogP contribution < -0.4 is 0 Å². The zero-order chi connectivity index (χ0) is 19.3. The number of carbonyl (C=O) groups is 3. The van der Waals surface area contributed by atoms with Gasteiger partial charge in [-0.15, -0.1) is 0 Å². The van der Waals surface area contributed by atoms with Crippen molar-refractivity contribution in [2.75, 3.05) is 6.61 Å². The van der Waals surface area contributed by atoms with E-state index in [-0.39, 0.29) is 17.8 Å². The Morgan fingerprint density at radius 2 is 2.04 bits per heavy atom. The maximum atomic E-state index is 12.7. The Morgan fingerprint density at radius 3 is 2.65 bits per heavy atom. The number of carbonyl (C=O) groups excluding carboxylic acids is 3. The summed E-state index contributed by atoms with van der Waals surface area (Å²) in [7, 11) is 0. The van der Waals surface area contributed by atoms with Crippen LogP contribution in [-0.4, -0.2) is 43.0 Å². The van der Waals surface area contributed by atoms with Gasteiger partial charge in [0.2, 0.25) is 0 Å². The number of rotatable bonds is 7. The van der Waals surface area contributed by atoms with Crippen LogP contribution in [-0.2, 0) is 33.3 Å². The largest absolute Gasteiger partial charge is 0.458 e. The van der Waals surface area contributed by atoms with Crippen LogP contribution in [0.3, 0.4) is 0 Å². The Balaban J connectivity index is 1.74. The standard InChI is InChI=1S/C19H28O7/c1-6-18(4,5)15(20)25-13-11-8-12-14(13)26-17(22)19(12,9-11)16(21)24-10(3)23-7-2/h10-14H,6-9H2,1-5H3. The molecule has 0 aromatic carbocycles.